The molecule has 0 spiro atoms. The summed E-state index contributed by atoms with van der Waals surface area (Å²) in [5.41, 5.74) is 7.08. The van der Waals surface area contributed by atoms with Crippen molar-refractivity contribution in [3.05, 3.63) is 41.7 Å². The Morgan fingerprint density at radius 2 is 2.03 bits per heavy atom. The average molecular weight is 418 g/mol. The van der Waals surface area contributed by atoms with Gasteiger partial charge in [-0.1, -0.05) is 19.1 Å². The number of nitrogens with one attached hydrogen (secondary N) is 4. The topological polar surface area (TPSA) is 146 Å². The highest BCUT2D eigenvalue weighted by atomic mass is 16.4. The lowest BCUT2D eigenvalue weighted by Gasteiger charge is -2.18. The Labute approximate surface area is 176 Å². The fourth-order valence-corrected chi connectivity index (χ4v) is 3.18. The number of carbonyl (C=O) groups is 3. The van der Waals surface area contributed by atoms with E-state index in [4.69, 9.17) is 5.73 Å². The Balaban J connectivity index is 1.83. The highest BCUT2D eigenvalue weighted by Crippen LogP contribution is 2.12. The molecule has 1 heterocycles. The van der Waals surface area contributed by atoms with E-state index >= 15 is 0 Å². The van der Waals surface area contributed by atoms with Gasteiger partial charge >= 0.3 is 5.97 Å². The van der Waals surface area contributed by atoms with Crippen molar-refractivity contribution in [1.29, 1.82) is 0 Å². The number of rotatable bonds is 11. The van der Waals surface area contributed by atoms with Gasteiger partial charge in [0.15, 0.2) is 0 Å². The van der Waals surface area contributed by atoms with E-state index in [0.29, 0.717) is 24.5 Å². The Kier molecular flexibility index (Phi) is 9.14. The third-order valence-corrected chi connectivity index (χ3v) is 4.77. The molecule has 0 bridgehead atoms. The minimum Gasteiger partial charge on any atom is -0.480 e. The maximum atomic E-state index is 12.2. The number of hydrogen-bond donors (Lipinski definition) is 6. The van der Waals surface area contributed by atoms with Crippen LogP contribution in [0.15, 0.2) is 36.2 Å². The number of hydrogen-bond acceptors (Lipinski definition) is 6. The van der Waals surface area contributed by atoms with Crippen LogP contribution in [0, 0.1) is 0 Å². The van der Waals surface area contributed by atoms with Gasteiger partial charge in [-0.15, -0.1) is 0 Å². The molecular formula is C21H31N5O4. The van der Waals surface area contributed by atoms with Crippen molar-refractivity contribution in [3.63, 3.8) is 0 Å². The normalized spacial score (nSPS) is 17.2. The van der Waals surface area contributed by atoms with Crippen molar-refractivity contribution >= 4 is 23.5 Å². The van der Waals surface area contributed by atoms with Crippen molar-refractivity contribution in [1.82, 2.24) is 16.0 Å². The third kappa shape index (κ3) is 7.75. The molecule has 2 unspecified atom stereocenters. The summed E-state index contributed by atoms with van der Waals surface area (Å²) in [5.74, 6) is -0.966. The van der Waals surface area contributed by atoms with E-state index in [2.05, 4.69) is 21.3 Å². The van der Waals surface area contributed by atoms with Crippen LogP contribution in [0.1, 0.15) is 38.2 Å². The molecule has 2 rings (SSSR count). The van der Waals surface area contributed by atoms with Crippen LogP contribution in [-0.4, -0.2) is 48.1 Å². The number of aliphatic carboxylic acids is 1. The predicted octanol–water partition coefficient (Wildman–Crippen LogP) is 0.679. The third-order valence-electron chi connectivity index (χ3n) is 4.77. The lowest BCUT2D eigenvalue weighted by molar-refractivity contribution is -0.142. The van der Waals surface area contributed by atoms with Gasteiger partial charge in [0.1, 0.15) is 6.04 Å². The molecule has 1 aliphatic rings. The number of amides is 2. The van der Waals surface area contributed by atoms with Crippen LogP contribution in [0.25, 0.3) is 0 Å². The van der Waals surface area contributed by atoms with Crippen LogP contribution >= 0.6 is 0 Å². The van der Waals surface area contributed by atoms with Gasteiger partial charge in [0.2, 0.25) is 11.8 Å². The van der Waals surface area contributed by atoms with Gasteiger partial charge in [-0.2, -0.15) is 0 Å². The Hall–Kier alpha value is -3.07. The maximum Gasteiger partial charge on any atom is 0.326 e. The fourth-order valence-electron chi connectivity index (χ4n) is 3.18. The number of benzene rings is 1. The monoisotopic (exact) mass is 417 g/mol. The molecule has 0 aromatic heterocycles. The summed E-state index contributed by atoms with van der Waals surface area (Å²) in [7, 11) is 0. The van der Waals surface area contributed by atoms with Gasteiger partial charge in [-0.3, -0.25) is 9.59 Å². The minimum atomic E-state index is -1.08. The van der Waals surface area contributed by atoms with E-state index in [1.807, 2.05) is 13.0 Å². The second-order valence-electron chi connectivity index (χ2n) is 7.24. The standard InChI is InChI=1S/C21H31N5O4/c1-2-4-18(22)24-12-10-19(27)25-15-8-6-14(7-9-15)13-17(21(29)30)26-20(28)16-5-3-11-23-16/h4,6-9,16-17,23-24H,2-3,5,10-13,22H2,1H3,(H,25,27)(H,26,28)(H,29,30)/b18-4-. The molecule has 1 aliphatic heterocycles. The molecule has 1 saturated heterocycles. The summed E-state index contributed by atoms with van der Waals surface area (Å²) in [4.78, 5) is 35.7. The second kappa shape index (κ2) is 11.8. The quantitative estimate of drug-likeness (QED) is 0.310. The first-order chi connectivity index (χ1) is 14.4. The molecule has 0 radical (unpaired) electrons. The van der Waals surface area contributed by atoms with E-state index in [9.17, 15) is 19.5 Å². The van der Waals surface area contributed by atoms with E-state index in [1.165, 1.54) is 0 Å². The Bertz CT molecular complexity index is 757. The van der Waals surface area contributed by atoms with Crippen molar-refractivity contribution in [2.45, 2.75) is 51.1 Å². The SMILES string of the molecule is CC/C=C(/N)NCCC(=O)Nc1ccc(CC(NC(=O)C2CCCN2)C(=O)O)cc1. The highest BCUT2D eigenvalue weighted by Gasteiger charge is 2.27. The van der Waals surface area contributed by atoms with Crippen molar-refractivity contribution in [2.24, 2.45) is 5.73 Å². The average Bonchev–Trinajstić information content (AvgIpc) is 3.24. The number of nitrogens with two attached hydrogens (primary N) is 1. The molecule has 2 atom stereocenters. The van der Waals surface area contributed by atoms with Gasteiger partial charge in [0, 0.05) is 25.1 Å². The summed E-state index contributed by atoms with van der Waals surface area (Å²) in [6, 6.07) is 5.58. The fraction of sp³-hybridized carbons (Fsp3) is 0.476. The van der Waals surface area contributed by atoms with E-state index in [1.54, 1.807) is 24.3 Å². The molecule has 0 saturated carbocycles. The molecule has 164 valence electrons. The van der Waals surface area contributed by atoms with E-state index in [-0.39, 0.29) is 30.7 Å². The minimum absolute atomic E-state index is 0.153. The molecular weight excluding hydrogens is 386 g/mol. The molecule has 9 heteroatoms. The second-order valence-corrected chi connectivity index (χ2v) is 7.24. The molecule has 1 fully saturated rings. The predicted molar refractivity (Wildman–Crippen MR) is 115 cm³/mol. The Morgan fingerprint density at radius 3 is 2.63 bits per heavy atom. The lowest BCUT2D eigenvalue weighted by Crippen LogP contribution is -2.49. The van der Waals surface area contributed by atoms with E-state index in [0.717, 1.165) is 24.9 Å². The first kappa shape index (κ1) is 23.2. The summed E-state index contributed by atoms with van der Waals surface area (Å²) >= 11 is 0. The summed E-state index contributed by atoms with van der Waals surface area (Å²) in [6.07, 6.45) is 4.71. The lowest BCUT2D eigenvalue weighted by atomic mass is 10.0. The molecule has 1 aromatic rings. The van der Waals surface area contributed by atoms with Crippen LogP contribution < -0.4 is 27.0 Å². The number of anilines is 1. The molecule has 0 aliphatic carbocycles. The molecule has 7 N–H and O–H groups in total. The van der Waals surface area contributed by atoms with Crippen LogP contribution in [0.2, 0.25) is 0 Å². The van der Waals surface area contributed by atoms with Crippen LogP contribution in [0.3, 0.4) is 0 Å². The van der Waals surface area contributed by atoms with Gasteiger partial charge in [-0.05, 0) is 49.6 Å². The van der Waals surface area contributed by atoms with Gasteiger partial charge in [-0.25, -0.2) is 4.79 Å². The summed E-state index contributed by atoms with van der Waals surface area (Å²) in [6.45, 7) is 3.17. The van der Waals surface area contributed by atoms with Crippen molar-refractivity contribution < 1.29 is 19.5 Å². The van der Waals surface area contributed by atoms with Crippen LogP contribution in [0.4, 0.5) is 5.69 Å². The number of carboxylic acid groups (broad SMARTS) is 1. The van der Waals surface area contributed by atoms with Crippen molar-refractivity contribution in [2.75, 3.05) is 18.4 Å². The van der Waals surface area contributed by atoms with Crippen molar-refractivity contribution in [3.8, 4) is 0 Å². The first-order valence-corrected chi connectivity index (χ1v) is 10.2. The molecule has 9 nitrogen and oxygen atoms in total. The number of allylic oxidation sites excluding steroid dienone is 1. The molecule has 1 aromatic carbocycles. The zero-order valence-corrected chi connectivity index (χ0v) is 17.2. The zero-order chi connectivity index (χ0) is 21.9. The highest BCUT2D eigenvalue weighted by molar-refractivity contribution is 5.91. The van der Waals surface area contributed by atoms with Gasteiger partial charge < -0.3 is 32.1 Å². The maximum absolute atomic E-state index is 12.2. The van der Waals surface area contributed by atoms with Gasteiger partial charge in [0.05, 0.1) is 11.9 Å². The van der Waals surface area contributed by atoms with Gasteiger partial charge in [0.25, 0.3) is 0 Å². The largest absolute Gasteiger partial charge is 0.480 e. The number of carboxylic acids is 1. The van der Waals surface area contributed by atoms with E-state index < -0.39 is 12.0 Å². The molecule has 30 heavy (non-hydrogen) atoms. The summed E-state index contributed by atoms with van der Waals surface area (Å²) < 4.78 is 0. The first-order valence-electron chi connectivity index (χ1n) is 10.2. The van der Waals surface area contributed by atoms with Crippen LogP contribution in [0.5, 0.6) is 0 Å². The molecule has 2 amide bonds. The van der Waals surface area contributed by atoms with Crippen LogP contribution in [-0.2, 0) is 20.8 Å². The smallest absolute Gasteiger partial charge is 0.326 e. The Morgan fingerprint density at radius 1 is 1.30 bits per heavy atom. The number of carbonyl (C=O) groups excluding carboxylic acids is 2. The zero-order valence-electron chi connectivity index (χ0n) is 17.2. The summed E-state index contributed by atoms with van der Waals surface area (Å²) in [5, 5.41) is 20.9.